The number of aromatic nitrogens is 1. The van der Waals surface area contributed by atoms with Crippen LogP contribution < -0.4 is 5.32 Å². The first-order chi connectivity index (χ1) is 10.1. The predicted octanol–water partition coefficient (Wildman–Crippen LogP) is 2.60. The van der Waals surface area contributed by atoms with Gasteiger partial charge in [0.1, 0.15) is 0 Å². The van der Waals surface area contributed by atoms with E-state index in [2.05, 4.69) is 31.1 Å². The van der Waals surface area contributed by atoms with E-state index in [4.69, 9.17) is 0 Å². The van der Waals surface area contributed by atoms with Crippen molar-refractivity contribution < 1.29 is 4.79 Å². The molecule has 1 unspecified atom stereocenters. The Balaban J connectivity index is 2.18. The molecule has 1 aliphatic rings. The van der Waals surface area contributed by atoms with E-state index in [0.29, 0.717) is 12.5 Å². The van der Waals surface area contributed by atoms with E-state index >= 15 is 0 Å². The number of amides is 1. The Kier molecular flexibility index (Phi) is 5.34. The number of hydrogen-bond donors (Lipinski definition) is 1. The summed E-state index contributed by atoms with van der Waals surface area (Å²) in [6.07, 6.45) is 6.59. The van der Waals surface area contributed by atoms with Gasteiger partial charge in [-0.15, -0.1) is 0 Å². The third-order valence-electron chi connectivity index (χ3n) is 4.39. The standard InChI is InChI=1S/C17H27N3O/c1-4-7-17(8-10-19-13-17)16(21)20(14(2)3)12-15-6-5-9-18-11-15/h5-6,9,11,14,19H,4,7-8,10,12-13H2,1-3H3. The SMILES string of the molecule is CCCC1(C(=O)N(Cc2cccnc2)C(C)C)CCNC1. The average molecular weight is 289 g/mol. The molecule has 0 bridgehead atoms. The highest BCUT2D eigenvalue weighted by Gasteiger charge is 2.43. The third kappa shape index (κ3) is 3.62. The lowest BCUT2D eigenvalue weighted by atomic mass is 9.80. The maximum Gasteiger partial charge on any atom is 0.230 e. The fourth-order valence-corrected chi connectivity index (χ4v) is 3.21. The molecule has 4 heteroatoms. The van der Waals surface area contributed by atoms with E-state index in [1.165, 1.54) is 0 Å². The van der Waals surface area contributed by atoms with Crippen LogP contribution in [0.4, 0.5) is 0 Å². The number of pyridine rings is 1. The lowest BCUT2D eigenvalue weighted by Gasteiger charge is -2.36. The van der Waals surface area contributed by atoms with E-state index < -0.39 is 0 Å². The van der Waals surface area contributed by atoms with Crippen LogP contribution in [0.5, 0.6) is 0 Å². The topological polar surface area (TPSA) is 45.2 Å². The van der Waals surface area contributed by atoms with Crippen LogP contribution in [-0.2, 0) is 11.3 Å². The zero-order valence-corrected chi connectivity index (χ0v) is 13.4. The first-order valence-corrected chi connectivity index (χ1v) is 8.00. The molecular weight excluding hydrogens is 262 g/mol. The molecule has 0 aromatic carbocycles. The molecule has 2 heterocycles. The van der Waals surface area contributed by atoms with Gasteiger partial charge >= 0.3 is 0 Å². The van der Waals surface area contributed by atoms with Crippen molar-refractivity contribution in [3.8, 4) is 0 Å². The van der Waals surface area contributed by atoms with Crippen LogP contribution in [0.2, 0.25) is 0 Å². The summed E-state index contributed by atoms with van der Waals surface area (Å²) in [4.78, 5) is 19.3. The summed E-state index contributed by atoms with van der Waals surface area (Å²) in [5.41, 5.74) is 0.887. The molecule has 1 fully saturated rings. The number of rotatable bonds is 6. The minimum Gasteiger partial charge on any atom is -0.335 e. The Morgan fingerprint density at radius 3 is 2.86 bits per heavy atom. The van der Waals surface area contributed by atoms with E-state index in [9.17, 15) is 4.79 Å². The maximum atomic E-state index is 13.2. The van der Waals surface area contributed by atoms with Gasteiger partial charge in [-0.25, -0.2) is 0 Å². The second kappa shape index (κ2) is 7.03. The molecule has 1 saturated heterocycles. The maximum absolute atomic E-state index is 13.2. The highest BCUT2D eigenvalue weighted by molar-refractivity contribution is 5.83. The molecule has 1 aliphatic heterocycles. The van der Waals surface area contributed by atoms with E-state index in [-0.39, 0.29) is 11.5 Å². The summed E-state index contributed by atoms with van der Waals surface area (Å²) >= 11 is 0. The van der Waals surface area contributed by atoms with Crippen molar-refractivity contribution in [2.45, 2.75) is 52.6 Å². The van der Waals surface area contributed by atoms with Crippen molar-refractivity contribution >= 4 is 5.91 Å². The molecule has 1 amide bonds. The van der Waals surface area contributed by atoms with Crippen LogP contribution in [0.3, 0.4) is 0 Å². The van der Waals surface area contributed by atoms with E-state index in [0.717, 1.165) is 37.9 Å². The summed E-state index contributed by atoms with van der Waals surface area (Å²) in [5, 5.41) is 3.38. The quantitative estimate of drug-likeness (QED) is 0.875. The summed E-state index contributed by atoms with van der Waals surface area (Å²) < 4.78 is 0. The number of carbonyl (C=O) groups excluding carboxylic acids is 1. The summed E-state index contributed by atoms with van der Waals surface area (Å²) in [5.74, 6) is 0.299. The highest BCUT2D eigenvalue weighted by atomic mass is 16.2. The molecule has 2 rings (SSSR count). The van der Waals surface area contributed by atoms with Crippen molar-refractivity contribution in [2.75, 3.05) is 13.1 Å². The van der Waals surface area contributed by atoms with Gasteiger partial charge in [-0.05, 0) is 44.9 Å². The fraction of sp³-hybridized carbons (Fsp3) is 0.647. The zero-order chi connectivity index (χ0) is 15.3. The summed E-state index contributed by atoms with van der Waals surface area (Å²) in [7, 11) is 0. The molecule has 1 aromatic rings. The van der Waals surface area contributed by atoms with Gasteiger partial charge in [0.25, 0.3) is 0 Å². The Morgan fingerprint density at radius 1 is 1.52 bits per heavy atom. The minimum absolute atomic E-state index is 0.201. The second-order valence-corrected chi connectivity index (χ2v) is 6.35. The molecule has 21 heavy (non-hydrogen) atoms. The first kappa shape index (κ1) is 16.0. The van der Waals surface area contributed by atoms with Crippen molar-refractivity contribution in [3.05, 3.63) is 30.1 Å². The van der Waals surface area contributed by atoms with Crippen LogP contribution >= 0.6 is 0 Å². The zero-order valence-electron chi connectivity index (χ0n) is 13.4. The van der Waals surface area contributed by atoms with Crippen LogP contribution in [-0.4, -0.2) is 34.9 Å². The van der Waals surface area contributed by atoms with Crippen LogP contribution in [0.1, 0.15) is 45.6 Å². The lowest BCUT2D eigenvalue weighted by molar-refractivity contribution is -0.144. The number of nitrogens with zero attached hydrogens (tertiary/aromatic N) is 2. The monoisotopic (exact) mass is 289 g/mol. The van der Waals surface area contributed by atoms with Crippen LogP contribution in [0.25, 0.3) is 0 Å². The van der Waals surface area contributed by atoms with E-state index in [1.807, 2.05) is 23.2 Å². The first-order valence-electron chi connectivity index (χ1n) is 8.00. The van der Waals surface area contributed by atoms with E-state index in [1.54, 1.807) is 6.20 Å². The van der Waals surface area contributed by atoms with Gasteiger partial charge < -0.3 is 10.2 Å². The number of carbonyl (C=O) groups is 1. The number of nitrogens with one attached hydrogen (secondary N) is 1. The molecule has 1 aromatic heterocycles. The van der Waals surface area contributed by atoms with Gasteiger partial charge in [0.15, 0.2) is 0 Å². The Hall–Kier alpha value is -1.42. The predicted molar refractivity (Wildman–Crippen MR) is 84.8 cm³/mol. The molecular formula is C17H27N3O. The second-order valence-electron chi connectivity index (χ2n) is 6.35. The number of hydrogen-bond acceptors (Lipinski definition) is 3. The minimum atomic E-state index is -0.207. The molecule has 0 saturated carbocycles. The third-order valence-corrected chi connectivity index (χ3v) is 4.39. The van der Waals surface area contributed by atoms with Gasteiger partial charge in [0, 0.05) is 31.5 Å². The normalized spacial score (nSPS) is 21.7. The van der Waals surface area contributed by atoms with Crippen LogP contribution in [0, 0.1) is 5.41 Å². The van der Waals surface area contributed by atoms with Gasteiger partial charge in [-0.1, -0.05) is 19.4 Å². The van der Waals surface area contributed by atoms with Gasteiger partial charge in [-0.2, -0.15) is 0 Å². The molecule has 1 atom stereocenters. The molecule has 0 spiro atoms. The smallest absolute Gasteiger partial charge is 0.230 e. The largest absolute Gasteiger partial charge is 0.335 e. The van der Waals surface area contributed by atoms with Crippen molar-refractivity contribution in [1.29, 1.82) is 0 Å². The molecule has 116 valence electrons. The Labute approximate surface area is 127 Å². The Bertz CT molecular complexity index is 452. The van der Waals surface area contributed by atoms with Gasteiger partial charge in [-0.3, -0.25) is 9.78 Å². The molecule has 0 radical (unpaired) electrons. The average Bonchev–Trinajstić information content (AvgIpc) is 2.95. The van der Waals surface area contributed by atoms with Crippen LogP contribution in [0.15, 0.2) is 24.5 Å². The molecule has 4 nitrogen and oxygen atoms in total. The van der Waals surface area contributed by atoms with Crippen molar-refractivity contribution in [2.24, 2.45) is 5.41 Å². The molecule has 1 N–H and O–H groups in total. The van der Waals surface area contributed by atoms with Crippen molar-refractivity contribution in [1.82, 2.24) is 15.2 Å². The lowest BCUT2D eigenvalue weighted by Crippen LogP contribution is -2.47. The van der Waals surface area contributed by atoms with Gasteiger partial charge in [0.2, 0.25) is 5.91 Å². The highest BCUT2D eigenvalue weighted by Crippen LogP contribution is 2.34. The van der Waals surface area contributed by atoms with Crippen molar-refractivity contribution in [3.63, 3.8) is 0 Å². The summed E-state index contributed by atoms with van der Waals surface area (Å²) in [6.45, 7) is 8.76. The Morgan fingerprint density at radius 2 is 2.33 bits per heavy atom. The molecule has 0 aliphatic carbocycles. The fourth-order valence-electron chi connectivity index (χ4n) is 3.21. The summed E-state index contributed by atoms with van der Waals surface area (Å²) in [6, 6.07) is 4.17. The van der Waals surface area contributed by atoms with Gasteiger partial charge in [0.05, 0.1) is 5.41 Å².